The zero-order chi connectivity index (χ0) is 17.1. The van der Waals surface area contributed by atoms with Gasteiger partial charge in [-0.1, -0.05) is 42.0 Å². The molecule has 3 aromatic rings. The largest absolute Gasteiger partial charge is 0.338 e. The lowest BCUT2D eigenvalue weighted by Crippen LogP contribution is -2.04. The van der Waals surface area contributed by atoms with Crippen molar-refractivity contribution in [3.63, 3.8) is 0 Å². The standard InChI is InChI=1S/C16H20N6OS/c1-5-7-13-17-15(23-19-13)12(4)24-16-18-20-21-22(16)14-10(2)8-6-9-11(14)3/h6,8-9,12H,5,7H2,1-4H3. The van der Waals surface area contributed by atoms with Gasteiger partial charge in [-0.15, -0.1) is 5.10 Å². The maximum absolute atomic E-state index is 5.36. The van der Waals surface area contributed by atoms with Gasteiger partial charge in [-0.25, -0.2) is 0 Å². The number of hydrogen-bond acceptors (Lipinski definition) is 7. The minimum atomic E-state index is -0.0304. The van der Waals surface area contributed by atoms with Crippen molar-refractivity contribution >= 4 is 11.8 Å². The number of aryl methyl sites for hydroxylation is 3. The van der Waals surface area contributed by atoms with Crippen LogP contribution in [0.1, 0.15) is 48.4 Å². The van der Waals surface area contributed by atoms with Crippen LogP contribution in [0.5, 0.6) is 0 Å². The van der Waals surface area contributed by atoms with Gasteiger partial charge < -0.3 is 4.52 Å². The molecule has 1 aromatic carbocycles. The predicted molar refractivity (Wildman–Crippen MR) is 91.2 cm³/mol. The Morgan fingerprint density at radius 2 is 2.00 bits per heavy atom. The van der Waals surface area contributed by atoms with E-state index in [1.165, 1.54) is 11.8 Å². The summed E-state index contributed by atoms with van der Waals surface area (Å²) in [6.07, 6.45) is 1.81. The fourth-order valence-corrected chi connectivity index (χ4v) is 3.32. The highest BCUT2D eigenvalue weighted by atomic mass is 32.2. The van der Waals surface area contributed by atoms with E-state index in [4.69, 9.17) is 4.52 Å². The summed E-state index contributed by atoms with van der Waals surface area (Å²) in [7, 11) is 0. The molecule has 0 saturated carbocycles. The van der Waals surface area contributed by atoms with Crippen molar-refractivity contribution in [2.45, 2.75) is 50.9 Å². The molecule has 1 unspecified atom stereocenters. The molecule has 7 nitrogen and oxygen atoms in total. The lowest BCUT2D eigenvalue weighted by atomic mass is 10.1. The molecule has 0 fully saturated rings. The first kappa shape index (κ1) is 16.6. The summed E-state index contributed by atoms with van der Waals surface area (Å²) in [5.41, 5.74) is 3.26. The van der Waals surface area contributed by atoms with E-state index in [0.717, 1.165) is 35.5 Å². The second kappa shape index (κ2) is 7.12. The van der Waals surface area contributed by atoms with Gasteiger partial charge in [0.25, 0.3) is 0 Å². The molecule has 2 aromatic heterocycles. The van der Waals surface area contributed by atoms with Gasteiger partial charge in [-0.3, -0.25) is 0 Å². The average Bonchev–Trinajstić information content (AvgIpc) is 3.18. The van der Waals surface area contributed by atoms with Crippen LogP contribution in [0, 0.1) is 13.8 Å². The summed E-state index contributed by atoms with van der Waals surface area (Å²) in [4.78, 5) is 4.44. The summed E-state index contributed by atoms with van der Waals surface area (Å²) >= 11 is 1.50. The molecule has 0 aliphatic rings. The van der Waals surface area contributed by atoms with E-state index in [-0.39, 0.29) is 5.25 Å². The quantitative estimate of drug-likeness (QED) is 0.633. The maximum atomic E-state index is 5.36. The molecule has 8 heteroatoms. The first-order valence-corrected chi connectivity index (χ1v) is 8.82. The van der Waals surface area contributed by atoms with Gasteiger partial charge >= 0.3 is 0 Å². The topological polar surface area (TPSA) is 82.5 Å². The van der Waals surface area contributed by atoms with Crippen molar-refractivity contribution in [1.82, 2.24) is 30.3 Å². The molecule has 126 valence electrons. The molecule has 0 aliphatic heterocycles. The number of thioether (sulfide) groups is 1. The van der Waals surface area contributed by atoms with E-state index in [0.29, 0.717) is 11.0 Å². The van der Waals surface area contributed by atoms with Crippen LogP contribution in [0.3, 0.4) is 0 Å². The van der Waals surface area contributed by atoms with Gasteiger partial charge in [0.15, 0.2) is 5.82 Å². The number of para-hydroxylation sites is 1. The Bertz CT molecular complexity index is 807. The Morgan fingerprint density at radius 3 is 2.71 bits per heavy atom. The lowest BCUT2D eigenvalue weighted by Gasteiger charge is -2.11. The van der Waals surface area contributed by atoms with Crippen LogP contribution in [0.2, 0.25) is 0 Å². The third-order valence-electron chi connectivity index (χ3n) is 3.68. The van der Waals surface area contributed by atoms with Crippen LogP contribution < -0.4 is 0 Å². The van der Waals surface area contributed by atoms with Crippen molar-refractivity contribution in [1.29, 1.82) is 0 Å². The second-order valence-electron chi connectivity index (χ2n) is 5.67. The van der Waals surface area contributed by atoms with Gasteiger partial charge in [-0.2, -0.15) is 9.67 Å². The minimum absolute atomic E-state index is 0.0304. The summed E-state index contributed by atoms with van der Waals surface area (Å²) in [6.45, 7) is 8.21. The first-order chi connectivity index (χ1) is 11.6. The number of rotatable bonds is 6. The van der Waals surface area contributed by atoms with Crippen LogP contribution in [0.15, 0.2) is 27.9 Å². The Labute approximate surface area is 144 Å². The van der Waals surface area contributed by atoms with E-state index >= 15 is 0 Å². The maximum Gasteiger partial charge on any atom is 0.239 e. The highest BCUT2D eigenvalue weighted by molar-refractivity contribution is 7.99. The Balaban J connectivity index is 1.85. The van der Waals surface area contributed by atoms with Gasteiger partial charge in [0.2, 0.25) is 11.0 Å². The number of nitrogens with zero attached hydrogens (tertiary/aromatic N) is 6. The van der Waals surface area contributed by atoms with Crippen LogP contribution in [0.4, 0.5) is 0 Å². The number of tetrazole rings is 1. The van der Waals surface area contributed by atoms with Crippen LogP contribution in [-0.4, -0.2) is 30.3 Å². The molecule has 0 amide bonds. The zero-order valence-electron chi connectivity index (χ0n) is 14.2. The summed E-state index contributed by atoms with van der Waals surface area (Å²) in [5.74, 6) is 1.34. The van der Waals surface area contributed by atoms with Crippen molar-refractivity contribution in [3.05, 3.63) is 41.0 Å². The molecule has 0 radical (unpaired) electrons. The second-order valence-corrected chi connectivity index (χ2v) is 6.98. The van der Waals surface area contributed by atoms with Gasteiger partial charge in [-0.05, 0) is 48.7 Å². The molecular formula is C16H20N6OS. The first-order valence-electron chi connectivity index (χ1n) is 7.94. The molecule has 1 atom stereocenters. The Morgan fingerprint density at radius 1 is 1.25 bits per heavy atom. The van der Waals surface area contributed by atoms with E-state index < -0.39 is 0 Å². The summed E-state index contributed by atoms with van der Waals surface area (Å²) in [6, 6.07) is 6.13. The normalized spacial score (nSPS) is 12.5. The Kier molecular flexibility index (Phi) is 4.94. The highest BCUT2D eigenvalue weighted by Crippen LogP contribution is 2.34. The van der Waals surface area contributed by atoms with Gasteiger partial charge in [0.05, 0.1) is 10.9 Å². The van der Waals surface area contributed by atoms with Crippen LogP contribution >= 0.6 is 11.8 Å². The van der Waals surface area contributed by atoms with Crippen molar-refractivity contribution < 1.29 is 4.52 Å². The Hall–Kier alpha value is -2.22. The molecule has 24 heavy (non-hydrogen) atoms. The molecule has 0 N–H and O–H groups in total. The summed E-state index contributed by atoms with van der Waals surface area (Å²) < 4.78 is 7.13. The smallest absolute Gasteiger partial charge is 0.239 e. The minimum Gasteiger partial charge on any atom is -0.338 e. The van der Waals surface area contributed by atoms with E-state index in [9.17, 15) is 0 Å². The van der Waals surface area contributed by atoms with Crippen molar-refractivity contribution in [3.8, 4) is 5.69 Å². The predicted octanol–water partition coefficient (Wildman–Crippen LogP) is 3.47. The third-order valence-corrected chi connectivity index (χ3v) is 4.70. The monoisotopic (exact) mass is 344 g/mol. The average molecular weight is 344 g/mol. The molecule has 0 spiro atoms. The zero-order valence-corrected chi connectivity index (χ0v) is 15.0. The summed E-state index contributed by atoms with van der Waals surface area (Å²) in [5, 5.41) is 16.8. The molecular weight excluding hydrogens is 324 g/mol. The lowest BCUT2D eigenvalue weighted by molar-refractivity contribution is 0.374. The number of aromatic nitrogens is 6. The van der Waals surface area contributed by atoms with Crippen LogP contribution in [0.25, 0.3) is 5.69 Å². The number of hydrogen-bond donors (Lipinski definition) is 0. The van der Waals surface area contributed by atoms with Crippen molar-refractivity contribution in [2.24, 2.45) is 0 Å². The molecule has 2 heterocycles. The van der Waals surface area contributed by atoms with Crippen molar-refractivity contribution in [2.75, 3.05) is 0 Å². The number of benzene rings is 1. The van der Waals surface area contributed by atoms with Crippen LogP contribution in [-0.2, 0) is 6.42 Å². The molecule has 3 rings (SSSR count). The van der Waals surface area contributed by atoms with E-state index in [1.807, 2.05) is 13.0 Å². The molecule has 0 bridgehead atoms. The fourth-order valence-electron chi connectivity index (χ4n) is 2.50. The SMILES string of the molecule is CCCc1noc(C(C)Sc2nnnn2-c2c(C)cccc2C)n1. The molecule has 0 aliphatic carbocycles. The van der Waals surface area contributed by atoms with E-state index in [2.05, 4.69) is 58.6 Å². The van der Waals surface area contributed by atoms with Gasteiger partial charge in [0, 0.05) is 6.42 Å². The van der Waals surface area contributed by atoms with Gasteiger partial charge in [0.1, 0.15) is 0 Å². The third kappa shape index (κ3) is 3.33. The van der Waals surface area contributed by atoms with E-state index in [1.54, 1.807) is 4.68 Å². The molecule has 0 saturated heterocycles. The highest BCUT2D eigenvalue weighted by Gasteiger charge is 2.20. The fraction of sp³-hybridized carbons (Fsp3) is 0.438.